The molecule has 3 heterocycles. The van der Waals surface area contributed by atoms with Gasteiger partial charge in [-0.25, -0.2) is 10.9 Å². The smallest absolute Gasteiger partial charge is 0.312 e. The number of halogens is 2. The Balaban J connectivity index is 1.33. The predicted molar refractivity (Wildman–Crippen MR) is 91.5 cm³/mol. The highest BCUT2D eigenvalue weighted by Gasteiger charge is 2.46. The van der Waals surface area contributed by atoms with E-state index in [4.69, 9.17) is 27.9 Å². The van der Waals surface area contributed by atoms with E-state index < -0.39 is 0 Å². The first-order chi connectivity index (χ1) is 11.6. The summed E-state index contributed by atoms with van der Waals surface area (Å²) in [7, 11) is 0. The molecule has 7 atom stereocenters. The molecule has 3 aliphatic heterocycles. The van der Waals surface area contributed by atoms with E-state index in [0.717, 1.165) is 32.6 Å². The van der Waals surface area contributed by atoms with Gasteiger partial charge in [-0.2, -0.15) is 0 Å². The number of ether oxygens (including phenoxy) is 1. The Morgan fingerprint density at radius 3 is 2.62 bits per heavy atom. The van der Waals surface area contributed by atoms with Crippen molar-refractivity contribution in [3.8, 4) is 0 Å². The zero-order valence-electron chi connectivity index (χ0n) is 13.5. The van der Waals surface area contributed by atoms with Crippen LogP contribution in [-0.4, -0.2) is 65.9 Å². The number of esters is 1. The van der Waals surface area contributed by atoms with E-state index in [1.807, 2.05) is 0 Å². The van der Waals surface area contributed by atoms with Crippen LogP contribution >= 0.6 is 23.2 Å². The van der Waals surface area contributed by atoms with Gasteiger partial charge in [-0.05, 0) is 25.7 Å². The van der Waals surface area contributed by atoms with Crippen LogP contribution in [0.4, 0.5) is 0 Å². The van der Waals surface area contributed by atoms with Gasteiger partial charge in [0.05, 0.1) is 28.9 Å². The van der Waals surface area contributed by atoms with Gasteiger partial charge in [-0.1, -0.05) is 0 Å². The minimum absolute atomic E-state index is 0.0519. The van der Waals surface area contributed by atoms with Crippen molar-refractivity contribution in [2.24, 2.45) is 5.92 Å². The summed E-state index contributed by atoms with van der Waals surface area (Å²) in [6, 6.07) is 0.111. The zero-order chi connectivity index (χ0) is 16.7. The van der Waals surface area contributed by atoms with E-state index in [1.165, 1.54) is 0 Å². The maximum absolute atomic E-state index is 12.4. The molecule has 24 heavy (non-hydrogen) atoms. The Labute approximate surface area is 152 Å². The van der Waals surface area contributed by atoms with Crippen molar-refractivity contribution >= 4 is 29.2 Å². The van der Waals surface area contributed by atoms with Gasteiger partial charge in [-0.3, -0.25) is 15.0 Å². The molecule has 7 nitrogen and oxygen atoms in total. The first-order valence-electron chi connectivity index (χ1n) is 8.82. The monoisotopic (exact) mass is 377 g/mol. The van der Waals surface area contributed by atoms with Gasteiger partial charge in [0.25, 0.3) is 0 Å². The SMILES string of the molecule is O=C1OC(C2CCC(N3CCNC3)NN2)NC2CC(Cl)C(Cl)CC12. The third kappa shape index (κ3) is 3.40. The number of nitrogens with one attached hydrogen (secondary N) is 4. The molecule has 4 fully saturated rings. The Morgan fingerprint density at radius 1 is 1.08 bits per heavy atom. The number of hydrogen-bond donors (Lipinski definition) is 4. The first kappa shape index (κ1) is 17.3. The lowest BCUT2D eigenvalue weighted by molar-refractivity contribution is -0.170. The summed E-state index contributed by atoms with van der Waals surface area (Å²) in [5.41, 5.74) is 6.70. The Morgan fingerprint density at radius 2 is 1.92 bits per heavy atom. The van der Waals surface area contributed by atoms with Crippen molar-refractivity contribution in [3.05, 3.63) is 0 Å². The van der Waals surface area contributed by atoms with Crippen LogP contribution in [0.2, 0.25) is 0 Å². The second-order valence-electron chi connectivity index (χ2n) is 7.20. The molecule has 4 rings (SSSR count). The Hall–Kier alpha value is -0.150. The van der Waals surface area contributed by atoms with Gasteiger partial charge in [0, 0.05) is 25.8 Å². The number of carbonyl (C=O) groups is 1. The minimum Gasteiger partial charge on any atom is -0.445 e. The van der Waals surface area contributed by atoms with E-state index in [2.05, 4.69) is 26.4 Å². The molecular formula is C15H25Cl2N5O2. The molecule has 0 bridgehead atoms. The largest absolute Gasteiger partial charge is 0.445 e. The quantitative estimate of drug-likeness (QED) is 0.395. The van der Waals surface area contributed by atoms with Gasteiger partial charge >= 0.3 is 5.97 Å². The van der Waals surface area contributed by atoms with E-state index in [0.29, 0.717) is 19.0 Å². The maximum Gasteiger partial charge on any atom is 0.312 e. The fourth-order valence-electron chi connectivity index (χ4n) is 4.19. The second-order valence-corrected chi connectivity index (χ2v) is 8.32. The minimum atomic E-state index is -0.320. The van der Waals surface area contributed by atoms with Crippen molar-refractivity contribution in [3.63, 3.8) is 0 Å². The summed E-state index contributed by atoms with van der Waals surface area (Å²) in [5.74, 6) is -0.329. The third-order valence-corrected chi connectivity index (χ3v) is 6.74. The molecule has 0 spiro atoms. The van der Waals surface area contributed by atoms with Crippen LogP contribution in [0.1, 0.15) is 25.7 Å². The molecule has 7 unspecified atom stereocenters. The Bertz CT molecular complexity index is 471. The summed E-state index contributed by atoms with van der Waals surface area (Å²) in [6.45, 7) is 3.01. The average molecular weight is 378 g/mol. The molecule has 136 valence electrons. The van der Waals surface area contributed by atoms with Crippen LogP contribution in [0.25, 0.3) is 0 Å². The molecule has 1 saturated carbocycles. The standard InChI is InChI=1S/C15H25Cl2N5O2/c16-9-5-8-12(6-10(9)17)19-14(24-15(8)23)11-1-2-13(21-20-11)22-4-3-18-7-22/h8-14,18-21H,1-7H2. The van der Waals surface area contributed by atoms with Gasteiger partial charge < -0.3 is 10.1 Å². The topological polar surface area (TPSA) is 77.7 Å². The lowest BCUT2D eigenvalue weighted by Gasteiger charge is -2.45. The molecule has 0 aromatic carbocycles. The van der Waals surface area contributed by atoms with E-state index in [9.17, 15) is 4.79 Å². The molecule has 9 heteroatoms. The first-order valence-corrected chi connectivity index (χ1v) is 9.69. The Kier molecular flexibility index (Phi) is 5.20. The van der Waals surface area contributed by atoms with Crippen molar-refractivity contribution in [1.82, 2.24) is 26.4 Å². The fraction of sp³-hybridized carbons (Fsp3) is 0.933. The fourth-order valence-corrected chi connectivity index (χ4v) is 4.78. The normalized spacial score (nSPS) is 47.2. The summed E-state index contributed by atoms with van der Waals surface area (Å²) >= 11 is 12.5. The van der Waals surface area contributed by atoms with E-state index >= 15 is 0 Å². The summed E-state index contributed by atoms with van der Waals surface area (Å²) in [5, 5.41) is 6.55. The number of hydrogen-bond acceptors (Lipinski definition) is 7. The molecule has 0 aromatic heterocycles. The molecular weight excluding hydrogens is 353 g/mol. The van der Waals surface area contributed by atoms with Crippen molar-refractivity contribution in [2.45, 2.75) is 60.9 Å². The summed E-state index contributed by atoms with van der Waals surface area (Å²) in [6.07, 6.45) is 3.25. The maximum atomic E-state index is 12.4. The summed E-state index contributed by atoms with van der Waals surface area (Å²) < 4.78 is 5.66. The highest BCUT2D eigenvalue weighted by atomic mass is 35.5. The number of hydrazine groups is 1. The molecule has 4 aliphatic rings. The van der Waals surface area contributed by atoms with Gasteiger partial charge in [0.1, 0.15) is 0 Å². The number of alkyl halides is 2. The average Bonchev–Trinajstić information content (AvgIpc) is 3.11. The van der Waals surface area contributed by atoms with Crippen LogP contribution in [0.5, 0.6) is 0 Å². The molecule has 4 N–H and O–H groups in total. The van der Waals surface area contributed by atoms with Crippen LogP contribution in [0, 0.1) is 5.92 Å². The number of carbonyl (C=O) groups excluding carboxylic acids is 1. The van der Waals surface area contributed by atoms with Crippen LogP contribution in [0.15, 0.2) is 0 Å². The van der Waals surface area contributed by atoms with Gasteiger partial charge in [0.15, 0.2) is 6.23 Å². The van der Waals surface area contributed by atoms with Crippen LogP contribution < -0.4 is 21.5 Å². The van der Waals surface area contributed by atoms with E-state index in [-0.39, 0.29) is 41.0 Å². The molecule has 0 amide bonds. The second kappa shape index (κ2) is 7.23. The molecule has 0 radical (unpaired) electrons. The number of nitrogens with zero attached hydrogens (tertiary/aromatic N) is 1. The van der Waals surface area contributed by atoms with Crippen molar-refractivity contribution < 1.29 is 9.53 Å². The lowest BCUT2D eigenvalue weighted by atomic mass is 9.82. The van der Waals surface area contributed by atoms with Crippen molar-refractivity contribution in [2.75, 3.05) is 19.8 Å². The van der Waals surface area contributed by atoms with Gasteiger partial charge in [0.2, 0.25) is 0 Å². The van der Waals surface area contributed by atoms with Crippen molar-refractivity contribution in [1.29, 1.82) is 0 Å². The van der Waals surface area contributed by atoms with Crippen LogP contribution in [-0.2, 0) is 9.53 Å². The highest BCUT2D eigenvalue weighted by Crippen LogP contribution is 2.35. The lowest BCUT2D eigenvalue weighted by Crippen LogP contribution is -2.67. The summed E-state index contributed by atoms with van der Waals surface area (Å²) in [4.78, 5) is 14.8. The molecule has 1 aliphatic carbocycles. The van der Waals surface area contributed by atoms with Gasteiger partial charge in [-0.15, -0.1) is 23.2 Å². The predicted octanol–water partition coefficient (Wildman–Crippen LogP) is -0.102. The number of cyclic esters (lactones) is 1. The number of rotatable bonds is 2. The zero-order valence-corrected chi connectivity index (χ0v) is 15.0. The highest BCUT2D eigenvalue weighted by molar-refractivity contribution is 6.30. The van der Waals surface area contributed by atoms with E-state index in [1.54, 1.807) is 0 Å². The molecule has 0 aromatic rings. The number of fused-ring (bicyclic) bond motifs is 1. The molecule has 3 saturated heterocycles. The van der Waals surface area contributed by atoms with Crippen LogP contribution in [0.3, 0.4) is 0 Å². The third-order valence-electron chi connectivity index (χ3n) is 5.64.